The van der Waals surface area contributed by atoms with Crippen molar-refractivity contribution in [1.29, 1.82) is 0 Å². The first kappa shape index (κ1) is 12.7. The second kappa shape index (κ2) is 4.88. The molecular weight excluding hydrogens is 228 g/mol. The monoisotopic (exact) mass is 248 g/mol. The van der Waals surface area contributed by atoms with Gasteiger partial charge in [-0.05, 0) is 25.0 Å². The van der Waals surface area contributed by atoms with Crippen LogP contribution >= 0.6 is 0 Å². The van der Waals surface area contributed by atoms with Crippen LogP contribution in [0.5, 0.6) is 5.75 Å². The summed E-state index contributed by atoms with van der Waals surface area (Å²) in [7, 11) is 7.46. The maximum Gasteiger partial charge on any atom is 0.257 e. The first-order chi connectivity index (χ1) is 8.49. The van der Waals surface area contributed by atoms with Crippen LogP contribution in [0.4, 0.5) is 5.69 Å². The van der Waals surface area contributed by atoms with Gasteiger partial charge in [-0.15, -0.1) is 0 Å². The van der Waals surface area contributed by atoms with E-state index in [-0.39, 0.29) is 12.0 Å². The topological polar surface area (TPSA) is 32.8 Å². The standard InChI is InChI=1S/C14H20N2O2/c1-15(2)10-5-8-12(14(17)16(3)4)13(9-10)18-11-6-7-11/h5,8-9,11H,6-7H2,1-4H3. The average Bonchev–Trinajstić information content (AvgIpc) is 3.11. The summed E-state index contributed by atoms with van der Waals surface area (Å²) >= 11 is 0. The van der Waals surface area contributed by atoms with Crippen molar-refractivity contribution < 1.29 is 9.53 Å². The molecule has 2 rings (SSSR count). The molecule has 0 unspecified atom stereocenters. The lowest BCUT2D eigenvalue weighted by Gasteiger charge is -2.18. The van der Waals surface area contributed by atoms with Gasteiger partial charge < -0.3 is 14.5 Å². The van der Waals surface area contributed by atoms with Crippen LogP contribution in [0.3, 0.4) is 0 Å². The van der Waals surface area contributed by atoms with Crippen molar-refractivity contribution >= 4 is 11.6 Å². The summed E-state index contributed by atoms with van der Waals surface area (Å²) in [5.74, 6) is 0.679. The number of hydrogen-bond donors (Lipinski definition) is 0. The van der Waals surface area contributed by atoms with Crippen LogP contribution in [-0.4, -0.2) is 45.1 Å². The maximum absolute atomic E-state index is 12.1. The summed E-state index contributed by atoms with van der Waals surface area (Å²) in [6.45, 7) is 0. The number of benzene rings is 1. The van der Waals surface area contributed by atoms with Gasteiger partial charge in [0.05, 0.1) is 11.7 Å². The van der Waals surface area contributed by atoms with Gasteiger partial charge in [0.1, 0.15) is 5.75 Å². The summed E-state index contributed by atoms with van der Waals surface area (Å²) < 4.78 is 5.84. The van der Waals surface area contributed by atoms with Gasteiger partial charge in [-0.25, -0.2) is 0 Å². The first-order valence-electron chi connectivity index (χ1n) is 6.18. The zero-order valence-electron chi connectivity index (χ0n) is 11.4. The van der Waals surface area contributed by atoms with Crippen molar-refractivity contribution in [3.8, 4) is 5.75 Å². The average molecular weight is 248 g/mol. The van der Waals surface area contributed by atoms with Crippen LogP contribution in [0.25, 0.3) is 0 Å². The van der Waals surface area contributed by atoms with E-state index < -0.39 is 0 Å². The molecule has 1 fully saturated rings. The van der Waals surface area contributed by atoms with Crippen LogP contribution in [0, 0.1) is 0 Å². The second-order valence-corrected chi connectivity index (χ2v) is 5.09. The van der Waals surface area contributed by atoms with Gasteiger partial charge in [0.2, 0.25) is 0 Å². The quantitative estimate of drug-likeness (QED) is 0.817. The molecule has 98 valence electrons. The number of nitrogens with zero attached hydrogens (tertiary/aromatic N) is 2. The van der Waals surface area contributed by atoms with Crippen LogP contribution in [-0.2, 0) is 0 Å². The van der Waals surface area contributed by atoms with E-state index in [1.807, 2.05) is 37.2 Å². The molecule has 0 heterocycles. The summed E-state index contributed by atoms with van der Waals surface area (Å²) in [6.07, 6.45) is 2.46. The van der Waals surface area contributed by atoms with Gasteiger partial charge in [-0.2, -0.15) is 0 Å². The highest BCUT2D eigenvalue weighted by atomic mass is 16.5. The lowest BCUT2D eigenvalue weighted by Crippen LogP contribution is -2.23. The third-order valence-electron chi connectivity index (χ3n) is 2.94. The smallest absolute Gasteiger partial charge is 0.257 e. The van der Waals surface area contributed by atoms with Crippen LogP contribution < -0.4 is 9.64 Å². The predicted octanol–water partition coefficient (Wildman–Crippen LogP) is 2.00. The van der Waals surface area contributed by atoms with E-state index in [0.717, 1.165) is 18.5 Å². The zero-order valence-corrected chi connectivity index (χ0v) is 11.4. The molecule has 1 aliphatic carbocycles. The zero-order chi connectivity index (χ0) is 13.3. The molecule has 4 heteroatoms. The second-order valence-electron chi connectivity index (χ2n) is 5.09. The number of ether oxygens (including phenoxy) is 1. The minimum absolute atomic E-state index is 0.0176. The molecule has 1 saturated carbocycles. The van der Waals surface area contributed by atoms with E-state index in [0.29, 0.717) is 11.3 Å². The van der Waals surface area contributed by atoms with E-state index in [2.05, 4.69) is 0 Å². The van der Waals surface area contributed by atoms with Crippen molar-refractivity contribution in [3.63, 3.8) is 0 Å². The van der Waals surface area contributed by atoms with E-state index >= 15 is 0 Å². The number of anilines is 1. The molecule has 1 amide bonds. The molecule has 0 atom stereocenters. The van der Waals surface area contributed by atoms with Crippen LogP contribution in [0.15, 0.2) is 18.2 Å². The Morgan fingerprint density at radius 3 is 2.39 bits per heavy atom. The lowest BCUT2D eigenvalue weighted by molar-refractivity contribution is 0.0823. The molecule has 0 spiro atoms. The van der Waals surface area contributed by atoms with E-state index in [4.69, 9.17) is 4.74 Å². The SMILES string of the molecule is CN(C)C(=O)c1ccc(N(C)C)cc1OC1CC1. The van der Waals surface area contributed by atoms with Gasteiger partial charge in [0.15, 0.2) is 0 Å². The number of hydrogen-bond acceptors (Lipinski definition) is 3. The summed E-state index contributed by atoms with van der Waals surface area (Å²) in [4.78, 5) is 15.7. The Morgan fingerprint density at radius 2 is 1.89 bits per heavy atom. The van der Waals surface area contributed by atoms with Crippen molar-refractivity contribution in [2.45, 2.75) is 18.9 Å². The lowest BCUT2D eigenvalue weighted by atomic mass is 10.1. The van der Waals surface area contributed by atoms with Crippen molar-refractivity contribution in [2.24, 2.45) is 0 Å². The Hall–Kier alpha value is -1.71. The van der Waals surface area contributed by atoms with E-state index in [1.54, 1.807) is 19.0 Å². The van der Waals surface area contributed by atoms with Gasteiger partial charge in [0.25, 0.3) is 5.91 Å². The highest BCUT2D eigenvalue weighted by Crippen LogP contribution is 2.32. The fourth-order valence-corrected chi connectivity index (χ4v) is 1.67. The summed E-state index contributed by atoms with van der Waals surface area (Å²) in [5.41, 5.74) is 1.68. The normalized spacial score (nSPS) is 14.2. The van der Waals surface area contributed by atoms with Crippen molar-refractivity contribution in [3.05, 3.63) is 23.8 Å². The van der Waals surface area contributed by atoms with Crippen LogP contribution in [0.1, 0.15) is 23.2 Å². The van der Waals surface area contributed by atoms with E-state index in [9.17, 15) is 4.79 Å². The number of carbonyl (C=O) groups is 1. The van der Waals surface area contributed by atoms with Crippen molar-refractivity contribution in [2.75, 3.05) is 33.1 Å². The maximum atomic E-state index is 12.1. The molecule has 4 nitrogen and oxygen atoms in total. The molecular formula is C14H20N2O2. The Balaban J connectivity index is 2.34. The van der Waals surface area contributed by atoms with Gasteiger partial charge >= 0.3 is 0 Å². The van der Waals surface area contributed by atoms with Crippen LogP contribution in [0.2, 0.25) is 0 Å². The molecule has 0 bridgehead atoms. The molecule has 18 heavy (non-hydrogen) atoms. The van der Waals surface area contributed by atoms with Gasteiger partial charge in [0, 0.05) is 39.9 Å². The fraction of sp³-hybridized carbons (Fsp3) is 0.500. The Bertz CT molecular complexity index is 451. The highest BCUT2D eigenvalue weighted by molar-refractivity contribution is 5.97. The van der Waals surface area contributed by atoms with Gasteiger partial charge in [-0.3, -0.25) is 4.79 Å². The largest absolute Gasteiger partial charge is 0.490 e. The number of rotatable bonds is 4. The van der Waals surface area contributed by atoms with E-state index in [1.165, 1.54) is 0 Å². The number of amides is 1. The Kier molecular flexibility index (Phi) is 3.45. The predicted molar refractivity (Wildman–Crippen MR) is 72.4 cm³/mol. The third kappa shape index (κ3) is 2.75. The molecule has 0 aliphatic heterocycles. The first-order valence-corrected chi connectivity index (χ1v) is 6.18. The minimum Gasteiger partial charge on any atom is -0.490 e. The Morgan fingerprint density at radius 1 is 1.22 bits per heavy atom. The third-order valence-corrected chi connectivity index (χ3v) is 2.94. The summed E-state index contributed by atoms with van der Waals surface area (Å²) in [6, 6.07) is 5.72. The number of carbonyl (C=O) groups excluding carboxylic acids is 1. The Labute approximate surface area is 108 Å². The molecule has 1 aliphatic rings. The molecule has 0 N–H and O–H groups in total. The highest BCUT2D eigenvalue weighted by Gasteiger charge is 2.26. The fourth-order valence-electron chi connectivity index (χ4n) is 1.67. The minimum atomic E-state index is -0.0176. The molecule has 0 saturated heterocycles. The molecule has 1 aromatic rings. The van der Waals surface area contributed by atoms with Gasteiger partial charge in [-0.1, -0.05) is 0 Å². The molecule has 1 aromatic carbocycles. The molecule has 0 aromatic heterocycles. The summed E-state index contributed by atoms with van der Waals surface area (Å²) in [5, 5.41) is 0. The molecule has 0 radical (unpaired) electrons. The van der Waals surface area contributed by atoms with Crippen molar-refractivity contribution in [1.82, 2.24) is 4.90 Å².